The molecule has 0 aliphatic carbocycles. The molecular weight excluding hydrogens is 346 g/mol. The standard InChI is InChI=1S/C16H25N3O3S2/c1-12-10-14(13(2)23-12)24(21,22)19-9-8-18(3)16(11-19)5-4-15(20)17-7-6-16/h10H,4-9,11H2,1-3H3,(H,17,20)/t16-/m1/s1. The number of piperazine rings is 1. The molecule has 2 fully saturated rings. The lowest BCUT2D eigenvalue weighted by atomic mass is 9.87. The van der Waals surface area contributed by atoms with Crippen LogP contribution in [0.2, 0.25) is 0 Å². The summed E-state index contributed by atoms with van der Waals surface area (Å²) in [6.45, 7) is 6.05. The first-order valence-corrected chi connectivity index (χ1v) is 10.6. The van der Waals surface area contributed by atoms with Crippen LogP contribution < -0.4 is 5.32 Å². The third kappa shape index (κ3) is 3.12. The van der Waals surface area contributed by atoms with Crippen molar-refractivity contribution in [3.63, 3.8) is 0 Å². The Morgan fingerprint density at radius 2 is 2.00 bits per heavy atom. The molecule has 1 amide bonds. The number of sulfonamides is 1. The van der Waals surface area contributed by atoms with Crippen molar-refractivity contribution in [1.82, 2.24) is 14.5 Å². The average Bonchev–Trinajstić information content (AvgIpc) is 2.75. The monoisotopic (exact) mass is 371 g/mol. The minimum absolute atomic E-state index is 0.0598. The number of hydrogen-bond acceptors (Lipinski definition) is 5. The Hall–Kier alpha value is -0.960. The van der Waals surface area contributed by atoms with E-state index in [2.05, 4.69) is 10.2 Å². The summed E-state index contributed by atoms with van der Waals surface area (Å²) in [6.07, 6.45) is 1.93. The first-order valence-electron chi connectivity index (χ1n) is 8.30. The highest BCUT2D eigenvalue weighted by Crippen LogP contribution is 2.34. The van der Waals surface area contributed by atoms with Gasteiger partial charge in [-0.25, -0.2) is 8.42 Å². The van der Waals surface area contributed by atoms with Gasteiger partial charge < -0.3 is 5.32 Å². The number of nitrogens with zero attached hydrogens (tertiary/aromatic N) is 2. The van der Waals surface area contributed by atoms with Crippen LogP contribution in [-0.4, -0.2) is 62.3 Å². The van der Waals surface area contributed by atoms with Crippen LogP contribution in [-0.2, 0) is 14.8 Å². The molecule has 2 saturated heterocycles. The van der Waals surface area contributed by atoms with E-state index in [-0.39, 0.29) is 11.4 Å². The molecule has 1 atom stereocenters. The van der Waals surface area contributed by atoms with Gasteiger partial charge in [0.05, 0.1) is 4.90 Å². The van der Waals surface area contributed by atoms with Crippen molar-refractivity contribution in [2.45, 2.75) is 43.5 Å². The lowest BCUT2D eigenvalue weighted by Gasteiger charge is -2.48. The summed E-state index contributed by atoms with van der Waals surface area (Å²) < 4.78 is 27.9. The second-order valence-electron chi connectivity index (χ2n) is 6.86. The molecule has 0 radical (unpaired) electrons. The predicted octanol–water partition coefficient (Wildman–Crippen LogP) is 1.34. The highest BCUT2D eigenvalue weighted by Gasteiger charge is 2.44. The molecule has 0 saturated carbocycles. The number of hydrogen-bond donors (Lipinski definition) is 1. The van der Waals surface area contributed by atoms with Gasteiger partial charge in [0.1, 0.15) is 0 Å². The van der Waals surface area contributed by atoms with E-state index in [0.29, 0.717) is 43.9 Å². The number of nitrogens with one attached hydrogen (secondary N) is 1. The fourth-order valence-electron chi connectivity index (χ4n) is 3.77. The zero-order chi connectivity index (χ0) is 17.5. The Kier molecular flexibility index (Phi) is 4.76. The van der Waals surface area contributed by atoms with Gasteiger partial charge in [-0.3, -0.25) is 9.69 Å². The van der Waals surface area contributed by atoms with E-state index in [1.54, 1.807) is 10.4 Å². The maximum absolute atomic E-state index is 13.1. The highest BCUT2D eigenvalue weighted by molar-refractivity contribution is 7.89. The van der Waals surface area contributed by atoms with Crippen molar-refractivity contribution in [3.8, 4) is 0 Å². The second-order valence-corrected chi connectivity index (χ2v) is 10.2. The third-order valence-corrected chi connectivity index (χ3v) is 8.37. The molecule has 2 aliphatic rings. The molecular formula is C16H25N3O3S2. The van der Waals surface area contributed by atoms with Gasteiger partial charge in [-0.15, -0.1) is 11.3 Å². The van der Waals surface area contributed by atoms with Crippen LogP contribution in [0.1, 0.15) is 29.0 Å². The molecule has 1 spiro atoms. The fourth-order valence-corrected chi connectivity index (χ4v) is 6.80. The molecule has 0 aromatic carbocycles. The van der Waals surface area contributed by atoms with Crippen molar-refractivity contribution in [1.29, 1.82) is 0 Å². The normalized spacial score (nSPS) is 27.2. The van der Waals surface area contributed by atoms with Crippen molar-refractivity contribution in [3.05, 3.63) is 15.8 Å². The van der Waals surface area contributed by atoms with Gasteiger partial charge in [0.15, 0.2) is 0 Å². The largest absolute Gasteiger partial charge is 0.356 e. The van der Waals surface area contributed by atoms with E-state index in [9.17, 15) is 13.2 Å². The zero-order valence-corrected chi connectivity index (χ0v) is 16.1. The molecule has 2 aliphatic heterocycles. The average molecular weight is 372 g/mol. The van der Waals surface area contributed by atoms with Crippen LogP contribution in [0.5, 0.6) is 0 Å². The summed E-state index contributed by atoms with van der Waals surface area (Å²) in [5.41, 5.74) is -0.260. The van der Waals surface area contributed by atoms with Gasteiger partial charge in [-0.1, -0.05) is 0 Å². The third-order valence-electron chi connectivity index (χ3n) is 5.31. The van der Waals surface area contributed by atoms with Crippen LogP contribution >= 0.6 is 11.3 Å². The predicted molar refractivity (Wildman–Crippen MR) is 94.8 cm³/mol. The van der Waals surface area contributed by atoms with E-state index >= 15 is 0 Å². The highest BCUT2D eigenvalue weighted by atomic mass is 32.2. The van der Waals surface area contributed by atoms with E-state index < -0.39 is 10.0 Å². The molecule has 24 heavy (non-hydrogen) atoms. The lowest BCUT2D eigenvalue weighted by Crippen LogP contribution is -2.62. The number of carbonyl (C=O) groups is 1. The number of thiophene rings is 1. The van der Waals surface area contributed by atoms with Gasteiger partial charge in [0, 0.05) is 47.9 Å². The Balaban J connectivity index is 1.90. The number of carbonyl (C=O) groups excluding carboxylic acids is 1. The van der Waals surface area contributed by atoms with Gasteiger partial charge in [-0.05, 0) is 39.8 Å². The SMILES string of the molecule is Cc1cc(S(=O)(=O)N2CCN(C)[C@]3(CCNC(=O)CC3)C2)c(C)s1. The van der Waals surface area contributed by atoms with Crippen LogP contribution in [0.3, 0.4) is 0 Å². The molecule has 6 nitrogen and oxygen atoms in total. The quantitative estimate of drug-likeness (QED) is 0.852. The molecule has 134 valence electrons. The Morgan fingerprint density at radius 3 is 2.67 bits per heavy atom. The molecule has 3 heterocycles. The van der Waals surface area contributed by atoms with E-state index in [0.717, 1.165) is 16.2 Å². The van der Waals surface area contributed by atoms with Crippen LogP contribution in [0.25, 0.3) is 0 Å². The molecule has 0 bridgehead atoms. The summed E-state index contributed by atoms with van der Waals surface area (Å²) in [7, 11) is -1.44. The summed E-state index contributed by atoms with van der Waals surface area (Å²) >= 11 is 1.52. The molecule has 8 heteroatoms. The smallest absolute Gasteiger partial charge is 0.244 e. The Labute approximate surface area is 147 Å². The van der Waals surface area contributed by atoms with Gasteiger partial charge in [0.2, 0.25) is 15.9 Å². The van der Waals surface area contributed by atoms with Crippen molar-refractivity contribution in [2.24, 2.45) is 0 Å². The van der Waals surface area contributed by atoms with E-state index in [4.69, 9.17) is 0 Å². The summed E-state index contributed by atoms with van der Waals surface area (Å²) in [5.74, 6) is 0.0598. The molecule has 3 rings (SSSR count). The Bertz CT molecular complexity index is 744. The van der Waals surface area contributed by atoms with E-state index in [1.165, 1.54) is 11.3 Å². The summed E-state index contributed by atoms with van der Waals surface area (Å²) in [4.78, 5) is 16.2. The summed E-state index contributed by atoms with van der Waals surface area (Å²) in [6, 6.07) is 1.78. The number of aryl methyl sites for hydroxylation is 2. The van der Waals surface area contributed by atoms with Gasteiger partial charge in [0.25, 0.3) is 0 Å². The Morgan fingerprint density at radius 1 is 1.25 bits per heavy atom. The minimum Gasteiger partial charge on any atom is -0.356 e. The van der Waals surface area contributed by atoms with Crippen LogP contribution in [0.15, 0.2) is 11.0 Å². The number of likely N-dealkylation sites (N-methyl/N-ethyl adjacent to an activating group) is 1. The zero-order valence-electron chi connectivity index (χ0n) is 14.5. The lowest BCUT2D eigenvalue weighted by molar-refractivity contribution is -0.121. The number of rotatable bonds is 2. The molecule has 1 aromatic heterocycles. The summed E-state index contributed by atoms with van der Waals surface area (Å²) in [5, 5.41) is 2.90. The van der Waals surface area contributed by atoms with Gasteiger partial charge >= 0.3 is 0 Å². The van der Waals surface area contributed by atoms with Crippen molar-refractivity contribution < 1.29 is 13.2 Å². The van der Waals surface area contributed by atoms with E-state index in [1.807, 2.05) is 20.9 Å². The van der Waals surface area contributed by atoms with Gasteiger partial charge in [-0.2, -0.15) is 4.31 Å². The molecule has 0 unspecified atom stereocenters. The fraction of sp³-hybridized carbons (Fsp3) is 0.688. The van der Waals surface area contributed by atoms with Crippen LogP contribution in [0, 0.1) is 13.8 Å². The van der Waals surface area contributed by atoms with Crippen molar-refractivity contribution in [2.75, 3.05) is 33.2 Å². The maximum atomic E-state index is 13.1. The minimum atomic E-state index is -3.48. The maximum Gasteiger partial charge on any atom is 0.244 e. The van der Waals surface area contributed by atoms with Crippen molar-refractivity contribution >= 4 is 27.3 Å². The topological polar surface area (TPSA) is 69.7 Å². The first-order chi connectivity index (χ1) is 11.2. The number of amides is 1. The second kappa shape index (κ2) is 6.40. The first kappa shape index (κ1) is 17.8. The van der Waals surface area contributed by atoms with Crippen LogP contribution in [0.4, 0.5) is 0 Å². The molecule has 1 aromatic rings. The molecule has 1 N–H and O–H groups in total.